The number of dihydropyridines is 1. The first-order valence-corrected chi connectivity index (χ1v) is 14.0. The summed E-state index contributed by atoms with van der Waals surface area (Å²) in [5, 5.41) is 6.52. The molecule has 1 atom stereocenters. The highest BCUT2D eigenvalue weighted by atomic mass is 35.5. The van der Waals surface area contributed by atoms with E-state index in [1.165, 1.54) is 0 Å². The van der Waals surface area contributed by atoms with Gasteiger partial charge in [-0.3, -0.25) is 4.79 Å². The fourth-order valence-electron chi connectivity index (χ4n) is 5.09. The van der Waals surface area contributed by atoms with Crippen molar-refractivity contribution in [2.24, 2.45) is 0 Å². The van der Waals surface area contributed by atoms with Crippen molar-refractivity contribution < 1.29 is 19.1 Å². The molecule has 4 aromatic rings. The number of amides is 1. The SMILES string of the molecule is CCOC(=O)C1=C(COCCn2c(C)nc3ncccc32)NC(C)=C(C(=O)Nc2ccccn2)C1c1ccccc1Cl. The number of nitrogens with one attached hydrogen (secondary N) is 2. The number of nitrogens with zero attached hydrogens (tertiary/aromatic N) is 4. The summed E-state index contributed by atoms with van der Waals surface area (Å²) in [6.07, 6.45) is 3.30. The van der Waals surface area contributed by atoms with E-state index in [9.17, 15) is 9.59 Å². The van der Waals surface area contributed by atoms with E-state index in [1.54, 1.807) is 62.6 Å². The van der Waals surface area contributed by atoms with Crippen molar-refractivity contribution in [3.05, 3.63) is 106 Å². The van der Waals surface area contributed by atoms with Crippen LogP contribution in [-0.4, -0.2) is 51.2 Å². The van der Waals surface area contributed by atoms with Crippen molar-refractivity contribution in [2.75, 3.05) is 25.1 Å². The van der Waals surface area contributed by atoms with Crippen LogP contribution < -0.4 is 10.6 Å². The lowest BCUT2D eigenvalue weighted by atomic mass is 9.79. The van der Waals surface area contributed by atoms with Gasteiger partial charge in [-0.05, 0) is 56.7 Å². The second-order valence-corrected chi connectivity index (χ2v) is 10.0. The number of allylic oxidation sites excluding steroid dienone is 1. The van der Waals surface area contributed by atoms with Gasteiger partial charge in [-0.15, -0.1) is 0 Å². The highest BCUT2D eigenvalue weighted by molar-refractivity contribution is 6.31. The molecule has 1 aliphatic rings. The van der Waals surface area contributed by atoms with Gasteiger partial charge in [0.05, 0.1) is 42.5 Å². The van der Waals surface area contributed by atoms with E-state index in [0.29, 0.717) is 52.2 Å². The Morgan fingerprint density at radius 3 is 2.57 bits per heavy atom. The maximum Gasteiger partial charge on any atom is 0.336 e. The molecule has 0 saturated heterocycles. The van der Waals surface area contributed by atoms with Gasteiger partial charge in [0.2, 0.25) is 0 Å². The van der Waals surface area contributed by atoms with Crippen LogP contribution in [0.1, 0.15) is 31.2 Å². The number of hydrogen-bond acceptors (Lipinski definition) is 8. The summed E-state index contributed by atoms with van der Waals surface area (Å²) in [5.74, 6) is -0.579. The first kappa shape index (κ1) is 29.0. The maximum absolute atomic E-state index is 13.7. The normalized spacial score (nSPS) is 15.1. The van der Waals surface area contributed by atoms with Crippen LogP contribution in [0.2, 0.25) is 5.02 Å². The number of carbonyl (C=O) groups excluding carboxylic acids is 2. The number of carbonyl (C=O) groups is 2. The first-order chi connectivity index (χ1) is 20.4. The molecule has 1 aliphatic heterocycles. The molecule has 0 bridgehead atoms. The quantitative estimate of drug-likeness (QED) is 0.198. The zero-order valence-corrected chi connectivity index (χ0v) is 24.3. The Bertz CT molecular complexity index is 1680. The summed E-state index contributed by atoms with van der Waals surface area (Å²) in [4.78, 5) is 40.3. The molecular weight excluding hydrogens is 556 g/mol. The van der Waals surface area contributed by atoms with Gasteiger partial charge in [0.15, 0.2) is 5.65 Å². The standard InChI is InChI=1S/C31H31ClN6O4/c1-4-42-31(40)28-23(18-41-17-16-38-20(3)36-29-24(38)12-9-15-34-29)35-19(2)26(27(28)21-10-5-6-11-22(21)32)30(39)37-25-13-7-8-14-33-25/h5-15,27,35H,4,16-18H2,1-3H3,(H,33,37,39). The fourth-order valence-corrected chi connectivity index (χ4v) is 5.33. The zero-order chi connectivity index (χ0) is 29.6. The molecule has 0 fully saturated rings. The number of anilines is 1. The summed E-state index contributed by atoms with van der Waals surface area (Å²) >= 11 is 6.67. The third kappa shape index (κ3) is 6.05. The predicted octanol–water partition coefficient (Wildman–Crippen LogP) is 4.92. The number of rotatable bonds is 10. The average Bonchev–Trinajstić information content (AvgIpc) is 3.30. The highest BCUT2D eigenvalue weighted by Gasteiger charge is 2.39. The van der Waals surface area contributed by atoms with E-state index in [-0.39, 0.29) is 18.8 Å². The molecule has 42 heavy (non-hydrogen) atoms. The minimum atomic E-state index is -0.813. The van der Waals surface area contributed by atoms with Gasteiger partial charge < -0.3 is 24.7 Å². The molecule has 1 unspecified atom stereocenters. The molecule has 3 aromatic heterocycles. The topological polar surface area (TPSA) is 120 Å². The number of aromatic nitrogens is 4. The Morgan fingerprint density at radius 1 is 1.02 bits per heavy atom. The predicted molar refractivity (Wildman–Crippen MR) is 160 cm³/mol. The van der Waals surface area contributed by atoms with E-state index in [1.807, 2.05) is 29.7 Å². The van der Waals surface area contributed by atoms with Crippen molar-refractivity contribution in [1.82, 2.24) is 24.8 Å². The summed E-state index contributed by atoms with van der Waals surface area (Å²) < 4.78 is 13.6. The number of hydrogen-bond donors (Lipinski definition) is 2. The van der Waals surface area contributed by atoms with E-state index in [2.05, 4.69) is 25.6 Å². The van der Waals surface area contributed by atoms with Gasteiger partial charge in [-0.25, -0.2) is 19.7 Å². The molecule has 0 radical (unpaired) electrons. The molecule has 0 saturated carbocycles. The van der Waals surface area contributed by atoms with Gasteiger partial charge in [0.25, 0.3) is 5.91 Å². The van der Waals surface area contributed by atoms with Gasteiger partial charge in [0.1, 0.15) is 11.6 Å². The summed E-state index contributed by atoms with van der Waals surface area (Å²) in [6, 6.07) is 16.2. The van der Waals surface area contributed by atoms with Crippen molar-refractivity contribution in [1.29, 1.82) is 0 Å². The Morgan fingerprint density at radius 2 is 1.81 bits per heavy atom. The third-order valence-electron chi connectivity index (χ3n) is 6.93. The van der Waals surface area contributed by atoms with Gasteiger partial charge in [-0.1, -0.05) is 35.9 Å². The maximum atomic E-state index is 13.7. The van der Waals surface area contributed by atoms with Crippen LogP contribution >= 0.6 is 11.6 Å². The largest absolute Gasteiger partial charge is 0.463 e. The molecule has 1 aromatic carbocycles. The Balaban J connectivity index is 1.47. The van der Waals surface area contributed by atoms with Crippen molar-refractivity contribution >= 4 is 40.5 Å². The van der Waals surface area contributed by atoms with Crippen LogP contribution in [0.15, 0.2) is 89.5 Å². The molecule has 4 heterocycles. The van der Waals surface area contributed by atoms with Crippen LogP contribution in [0.5, 0.6) is 0 Å². The number of benzene rings is 1. The van der Waals surface area contributed by atoms with Crippen LogP contribution in [0.4, 0.5) is 5.82 Å². The van der Waals surface area contributed by atoms with Gasteiger partial charge >= 0.3 is 5.97 Å². The molecule has 0 spiro atoms. The number of aryl methyl sites for hydroxylation is 1. The number of halogens is 1. The molecule has 0 aliphatic carbocycles. The van der Waals surface area contributed by atoms with Crippen molar-refractivity contribution in [3.63, 3.8) is 0 Å². The smallest absolute Gasteiger partial charge is 0.336 e. The van der Waals surface area contributed by atoms with Crippen LogP contribution in [-0.2, 0) is 25.6 Å². The van der Waals surface area contributed by atoms with Crippen LogP contribution in [0.3, 0.4) is 0 Å². The minimum Gasteiger partial charge on any atom is -0.463 e. The molecule has 10 nitrogen and oxygen atoms in total. The van der Waals surface area contributed by atoms with Crippen LogP contribution in [0, 0.1) is 6.92 Å². The molecule has 11 heteroatoms. The lowest BCUT2D eigenvalue weighted by Gasteiger charge is -2.32. The second-order valence-electron chi connectivity index (χ2n) is 9.61. The number of imidazole rings is 1. The summed E-state index contributed by atoms with van der Waals surface area (Å²) in [7, 11) is 0. The highest BCUT2D eigenvalue weighted by Crippen LogP contribution is 2.42. The van der Waals surface area contributed by atoms with E-state index in [4.69, 9.17) is 21.1 Å². The molecule has 2 N–H and O–H groups in total. The second kappa shape index (κ2) is 13.0. The monoisotopic (exact) mass is 586 g/mol. The molecule has 5 rings (SSSR count). The molecule has 1 amide bonds. The van der Waals surface area contributed by atoms with Crippen molar-refractivity contribution in [3.8, 4) is 0 Å². The molecule has 216 valence electrons. The lowest BCUT2D eigenvalue weighted by molar-refractivity contribution is -0.138. The molecular formula is C31H31ClN6O4. The first-order valence-electron chi connectivity index (χ1n) is 13.6. The van der Waals surface area contributed by atoms with Gasteiger partial charge in [-0.2, -0.15) is 0 Å². The number of fused-ring (bicyclic) bond motifs is 1. The number of esters is 1. The van der Waals surface area contributed by atoms with Gasteiger partial charge in [0, 0.05) is 35.2 Å². The number of pyridine rings is 2. The van der Waals surface area contributed by atoms with E-state index < -0.39 is 17.8 Å². The Hall–Kier alpha value is -4.54. The summed E-state index contributed by atoms with van der Waals surface area (Å²) in [6.45, 7) is 6.55. The fraction of sp³-hybridized carbons (Fsp3) is 0.258. The summed E-state index contributed by atoms with van der Waals surface area (Å²) in [5.41, 5.74) is 3.84. The zero-order valence-electron chi connectivity index (χ0n) is 23.6. The van der Waals surface area contributed by atoms with Crippen LogP contribution in [0.25, 0.3) is 11.2 Å². The van der Waals surface area contributed by atoms with E-state index >= 15 is 0 Å². The average molecular weight is 587 g/mol. The number of ether oxygens (including phenoxy) is 2. The third-order valence-corrected chi connectivity index (χ3v) is 7.27. The van der Waals surface area contributed by atoms with Crippen molar-refractivity contribution in [2.45, 2.75) is 33.2 Å². The minimum absolute atomic E-state index is 0.0749. The Kier molecular flexibility index (Phi) is 8.94. The van der Waals surface area contributed by atoms with E-state index in [0.717, 1.165) is 11.3 Å². The lowest BCUT2D eigenvalue weighted by Crippen LogP contribution is -2.36. The Labute approximate surface area is 248 Å².